The Hall–Kier alpha value is -1.06. The lowest BCUT2D eigenvalue weighted by atomic mass is 9.96. The maximum Gasteiger partial charge on any atom is 0.123 e. The van der Waals surface area contributed by atoms with Gasteiger partial charge in [0, 0.05) is 5.56 Å². The number of rotatable bonds is 7. The van der Waals surface area contributed by atoms with E-state index in [0.717, 1.165) is 18.9 Å². The molecule has 3 heteroatoms. The highest BCUT2D eigenvalue weighted by Gasteiger charge is 2.22. The van der Waals surface area contributed by atoms with E-state index in [1.807, 2.05) is 6.07 Å². The zero-order valence-electron chi connectivity index (χ0n) is 12.2. The van der Waals surface area contributed by atoms with Gasteiger partial charge in [0.25, 0.3) is 0 Å². The molecule has 1 unspecified atom stereocenters. The summed E-state index contributed by atoms with van der Waals surface area (Å²) in [5.41, 5.74) is 2.45. The van der Waals surface area contributed by atoms with Crippen LogP contribution in [0.5, 0.6) is 5.75 Å². The summed E-state index contributed by atoms with van der Waals surface area (Å²) < 4.78 is 11.4. The van der Waals surface area contributed by atoms with Gasteiger partial charge in [0.1, 0.15) is 5.75 Å². The molecule has 0 bridgehead atoms. The standard InChI is InChI=1S/C16H25NO2/c1-4-17-15(11-19-13-6-5-7-13)14-10-12(2)8-9-16(14)18-3/h8-10,13,15,17H,4-7,11H2,1-3H3. The first-order valence-electron chi connectivity index (χ1n) is 7.24. The maximum absolute atomic E-state index is 5.97. The van der Waals surface area contributed by atoms with Crippen LogP contribution in [0.1, 0.15) is 43.4 Å². The summed E-state index contributed by atoms with van der Waals surface area (Å²) in [5.74, 6) is 0.939. The van der Waals surface area contributed by atoms with Gasteiger partial charge in [0.2, 0.25) is 0 Å². The van der Waals surface area contributed by atoms with E-state index < -0.39 is 0 Å². The fraction of sp³-hybridized carbons (Fsp3) is 0.625. The average molecular weight is 263 g/mol. The van der Waals surface area contributed by atoms with Crippen molar-refractivity contribution in [1.29, 1.82) is 0 Å². The van der Waals surface area contributed by atoms with Gasteiger partial charge in [-0.25, -0.2) is 0 Å². The topological polar surface area (TPSA) is 30.5 Å². The lowest BCUT2D eigenvalue weighted by molar-refractivity contribution is -0.00884. The molecule has 0 amide bonds. The van der Waals surface area contributed by atoms with Crippen LogP contribution in [-0.2, 0) is 4.74 Å². The molecule has 1 aromatic rings. The summed E-state index contributed by atoms with van der Waals surface area (Å²) in [5, 5.41) is 3.50. The van der Waals surface area contributed by atoms with Crippen molar-refractivity contribution in [2.24, 2.45) is 0 Å². The SMILES string of the molecule is CCNC(COC1CCC1)c1cc(C)ccc1OC. The first-order valence-corrected chi connectivity index (χ1v) is 7.24. The lowest BCUT2D eigenvalue weighted by Gasteiger charge is -2.29. The number of hydrogen-bond acceptors (Lipinski definition) is 3. The fourth-order valence-electron chi connectivity index (χ4n) is 2.40. The van der Waals surface area contributed by atoms with Crippen molar-refractivity contribution in [1.82, 2.24) is 5.32 Å². The number of hydrogen-bond donors (Lipinski definition) is 1. The largest absolute Gasteiger partial charge is 0.496 e. The van der Waals surface area contributed by atoms with Crippen molar-refractivity contribution in [3.05, 3.63) is 29.3 Å². The van der Waals surface area contributed by atoms with E-state index in [0.29, 0.717) is 6.10 Å². The highest BCUT2D eigenvalue weighted by atomic mass is 16.5. The molecular formula is C16H25NO2. The quantitative estimate of drug-likeness (QED) is 0.819. The van der Waals surface area contributed by atoms with Gasteiger partial charge in [-0.2, -0.15) is 0 Å². The van der Waals surface area contributed by atoms with Crippen LogP contribution >= 0.6 is 0 Å². The van der Waals surface area contributed by atoms with Gasteiger partial charge >= 0.3 is 0 Å². The van der Waals surface area contributed by atoms with Crippen molar-refractivity contribution in [2.45, 2.75) is 45.3 Å². The molecule has 0 radical (unpaired) electrons. The monoisotopic (exact) mass is 263 g/mol. The first-order chi connectivity index (χ1) is 9.24. The van der Waals surface area contributed by atoms with Crippen LogP contribution in [-0.4, -0.2) is 26.4 Å². The van der Waals surface area contributed by atoms with Crippen LogP contribution in [0.4, 0.5) is 0 Å². The van der Waals surface area contributed by atoms with E-state index in [4.69, 9.17) is 9.47 Å². The molecule has 0 heterocycles. The number of nitrogens with one attached hydrogen (secondary N) is 1. The highest BCUT2D eigenvalue weighted by molar-refractivity contribution is 5.39. The molecule has 19 heavy (non-hydrogen) atoms. The van der Waals surface area contributed by atoms with E-state index in [9.17, 15) is 0 Å². The predicted molar refractivity (Wildman–Crippen MR) is 77.7 cm³/mol. The molecule has 1 aliphatic rings. The zero-order valence-corrected chi connectivity index (χ0v) is 12.2. The van der Waals surface area contributed by atoms with Crippen LogP contribution < -0.4 is 10.1 Å². The van der Waals surface area contributed by atoms with E-state index in [1.165, 1.54) is 30.4 Å². The van der Waals surface area contributed by atoms with Crippen LogP contribution in [0, 0.1) is 6.92 Å². The molecule has 1 aromatic carbocycles. The van der Waals surface area contributed by atoms with Crippen molar-refractivity contribution < 1.29 is 9.47 Å². The lowest BCUT2D eigenvalue weighted by Crippen LogP contribution is -2.30. The van der Waals surface area contributed by atoms with Crippen LogP contribution in [0.15, 0.2) is 18.2 Å². The predicted octanol–water partition coefficient (Wildman–Crippen LogP) is 3.22. The van der Waals surface area contributed by atoms with E-state index in [-0.39, 0.29) is 6.04 Å². The van der Waals surface area contributed by atoms with Gasteiger partial charge in [0.05, 0.1) is 25.9 Å². The fourth-order valence-corrected chi connectivity index (χ4v) is 2.40. The Bertz CT molecular complexity index is 402. The van der Waals surface area contributed by atoms with Crippen molar-refractivity contribution in [3.8, 4) is 5.75 Å². The second kappa shape index (κ2) is 6.92. The Morgan fingerprint density at radius 3 is 2.74 bits per heavy atom. The summed E-state index contributed by atoms with van der Waals surface area (Å²) in [4.78, 5) is 0. The Morgan fingerprint density at radius 2 is 2.16 bits per heavy atom. The third-order valence-corrected chi connectivity index (χ3v) is 3.76. The zero-order chi connectivity index (χ0) is 13.7. The van der Waals surface area contributed by atoms with Crippen molar-refractivity contribution >= 4 is 0 Å². The third-order valence-electron chi connectivity index (χ3n) is 3.76. The number of methoxy groups -OCH3 is 1. The molecule has 2 rings (SSSR count). The number of ether oxygens (including phenoxy) is 2. The molecule has 1 atom stereocenters. The number of likely N-dealkylation sites (N-methyl/N-ethyl adjacent to an activating group) is 1. The molecule has 0 aromatic heterocycles. The Balaban J connectivity index is 2.09. The molecule has 1 aliphatic carbocycles. The maximum atomic E-state index is 5.97. The minimum atomic E-state index is 0.209. The molecule has 0 aliphatic heterocycles. The van der Waals surface area contributed by atoms with Crippen LogP contribution in [0.25, 0.3) is 0 Å². The van der Waals surface area contributed by atoms with Crippen LogP contribution in [0.2, 0.25) is 0 Å². The summed E-state index contributed by atoms with van der Waals surface area (Å²) in [7, 11) is 1.73. The molecule has 1 fully saturated rings. The van der Waals surface area contributed by atoms with Crippen LogP contribution in [0.3, 0.4) is 0 Å². The summed E-state index contributed by atoms with van der Waals surface area (Å²) in [6.45, 7) is 5.88. The first kappa shape index (κ1) is 14.4. The van der Waals surface area contributed by atoms with Gasteiger partial charge in [-0.15, -0.1) is 0 Å². The number of aryl methyl sites for hydroxylation is 1. The smallest absolute Gasteiger partial charge is 0.123 e. The van der Waals surface area contributed by atoms with Crippen molar-refractivity contribution in [3.63, 3.8) is 0 Å². The molecule has 0 spiro atoms. The van der Waals surface area contributed by atoms with Gasteiger partial charge in [-0.1, -0.05) is 24.6 Å². The highest BCUT2D eigenvalue weighted by Crippen LogP contribution is 2.29. The number of benzene rings is 1. The molecule has 3 nitrogen and oxygen atoms in total. The molecule has 106 valence electrons. The normalized spacial score (nSPS) is 17.0. The van der Waals surface area contributed by atoms with Gasteiger partial charge in [-0.3, -0.25) is 0 Å². The summed E-state index contributed by atoms with van der Waals surface area (Å²) >= 11 is 0. The third kappa shape index (κ3) is 3.71. The molecule has 0 saturated heterocycles. The minimum Gasteiger partial charge on any atom is -0.496 e. The van der Waals surface area contributed by atoms with Gasteiger partial charge < -0.3 is 14.8 Å². The van der Waals surface area contributed by atoms with Gasteiger partial charge in [0.15, 0.2) is 0 Å². The van der Waals surface area contributed by atoms with E-state index in [2.05, 4.69) is 31.3 Å². The molecule has 1 N–H and O–H groups in total. The minimum absolute atomic E-state index is 0.209. The second-order valence-electron chi connectivity index (χ2n) is 5.24. The molecular weight excluding hydrogens is 238 g/mol. The molecule has 1 saturated carbocycles. The van der Waals surface area contributed by atoms with Crippen molar-refractivity contribution in [2.75, 3.05) is 20.3 Å². The Kier molecular flexibility index (Phi) is 5.23. The second-order valence-corrected chi connectivity index (χ2v) is 5.24. The summed E-state index contributed by atoms with van der Waals surface area (Å²) in [6, 6.07) is 6.52. The van der Waals surface area contributed by atoms with Gasteiger partial charge in [-0.05, 0) is 38.8 Å². The average Bonchev–Trinajstić information content (AvgIpc) is 2.35. The summed E-state index contributed by atoms with van der Waals surface area (Å²) in [6.07, 6.45) is 4.20. The Labute approximate surface area is 116 Å². The van der Waals surface area contributed by atoms with E-state index >= 15 is 0 Å². The van der Waals surface area contributed by atoms with E-state index in [1.54, 1.807) is 7.11 Å². The Morgan fingerprint density at radius 1 is 1.37 bits per heavy atom.